The lowest BCUT2D eigenvalue weighted by molar-refractivity contribution is 0.0662. The first-order valence-electron chi connectivity index (χ1n) is 14.1. The number of allylic oxidation sites excluding steroid dienone is 2. The van der Waals surface area contributed by atoms with Crippen LogP contribution in [0.2, 0.25) is 0 Å². The molecule has 4 aromatic rings. The molecular weight excluding hydrogens is 584 g/mol. The van der Waals surface area contributed by atoms with Crippen molar-refractivity contribution in [3.05, 3.63) is 111 Å². The molecule has 0 fully saturated rings. The summed E-state index contributed by atoms with van der Waals surface area (Å²) in [5, 5.41) is 30.7. The van der Waals surface area contributed by atoms with Crippen LogP contribution in [0.15, 0.2) is 91.4 Å². The zero-order chi connectivity index (χ0) is 31.8. The van der Waals surface area contributed by atoms with Gasteiger partial charge < -0.3 is 28.9 Å². The summed E-state index contributed by atoms with van der Waals surface area (Å²) in [6, 6.07) is 12.6. The molecule has 0 unspecified atom stereocenters. The van der Waals surface area contributed by atoms with Gasteiger partial charge in [0.2, 0.25) is 5.76 Å². The van der Waals surface area contributed by atoms with E-state index in [2.05, 4.69) is 0 Å². The lowest BCUT2D eigenvalue weighted by Crippen LogP contribution is -2.12. The second-order valence-electron chi connectivity index (χ2n) is 10.1. The zero-order valence-corrected chi connectivity index (χ0v) is 25.4. The number of aromatic hydroxyl groups is 1. The van der Waals surface area contributed by atoms with Gasteiger partial charge in [-0.3, -0.25) is 9.59 Å². The predicted octanol–water partition coefficient (Wildman–Crippen LogP) is 7.03. The van der Waals surface area contributed by atoms with Crippen LogP contribution < -0.4 is 10.2 Å². The number of carboxylic acid groups (broad SMARTS) is 1. The molecule has 0 radical (unpaired) electrons. The molecule has 9 nitrogen and oxygen atoms in total. The minimum atomic E-state index is -1.34. The Morgan fingerprint density at radius 1 is 1.07 bits per heavy atom. The van der Waals surface area contributed by atoms with Crippen LogP contribution >= 0.6 is 11.8 Å². The lowest BCUT2D eigenvalue weighted by atomic mass is 10.0. The minimum Gasteiger partial charge on any atom is -0.507 e. The fraction of sp³-hybridized carbons (Fsp3) is 0.265. The number of hydrogen-bond acceptors (Lipinski definition) is 9. The van der Waals surface area contributed by atoms with E-state index in [1.165, 1.54) is 18.7 Å². The number of Topliss-reactive ketones (excluding diaryl/α,β-unsaturated/α-hetero) is 1. The number of carbonyl (C=O) groups is 2. The Morgan fingerprint density at radius 2 is 1.86 bits per heavy atom. The monoisotopic (exact) mass is 618 g/mol. The normalized spacial score (nSPS) is 13.1. The van der Waals surface area contributed by atoms with Crippen LogP contribution in [0, 0.1) is 6.92 Å². The summed E-state index contributed by atoms with van der Waals surface area (Å²) in [6.45, 7) is 5.54. The molecule has 0 aliphatic carbocycles. The number of carbonyl (C=O) groups excluding carboxylic acids is 1. The molecule has 3 N–H and O–H groups in total. The molecule has 2 atom stereocenters. The van der Waals surface area contributed by atoms with Gasteiger partial charge in [-0.15, -0.1) is 11.8 Å². The van der Waals surface area contributed by atoms with Gasteiger partial charge in [0.1, 0.15) is 34.7 Å². The van der Waals surface area contributed by atoms with Crippen LogP contribution in [0.4, 0.5) is 0 Å². The number of hydrogen-bond donors (Lipinski definition) is 3. The SMILES string of the molecule is CCCc1c(OCC/C=C\C=C\[C@H](Sc2ccc3c(=O)cc(C(=O)O)oc3c2)[C@H](O)c2ccc(C)o2)ccc(C(C)=O)c1O. The molecule has 2 heterocycles. The molecule has 2 aromatic carbocycles. The van der Waals surface area contributed by atoms with Crippen molar-refractivity contribution >= 4 is 34.5 Å². The van der Waals surface area contributed by atoms with E-state index in [0.717, 1.165) is 12.5 Å². The van der Waals surface area contributed by atoms with Crippen LogP contribution in [0.1, 0.15) is 70.8 Å². The molecule has 0 aliphatic rings. The maximum atomic E-state index is 12.3. The van der Waals surface area contributed by atoms with Gasteiger partial charge in [-0.2, -0.15) is 0 Å². The summed E-state index contributed by atoms with van der Waals surface area (Å²) in [6.07, 6.45) is 8.29. The predicted molar refractivity (Wildman–Crippen MR) is 168 cm³/mol. The molecule has 44 heavy (non-hydrogen) atoms. The number of thioether (sulfide) groups is 1. The van der Waals surface area contributed by atoms with E-state index < -0.39 is 28.5 Å². The van der Waals surface area contributed by atoms with Gasteiger partial charge >= 0.3 is 5.97 Å². The van der Waals surface area contributed by atoms with E-state index in [0.29, 0.717) is 47.2 Å². The van der Waals surface area contributed by atoms with E-state index in [4.69, 9.17) is 13.6 Å². The van der Waals surface area contributed by atoms with Crippen molar-refractivity contribution < 1.29 is 38.5 Å². The highest BCUT2D eigenvalue weighted by molar-refractivity contribution is 8.00. The van der Waals surface area contributed by atoms with Crippen LogP contribution in [0.3, 0.4) is 0 Å². The molecule has 230 valence electrons. The van der Waals surface area contributed by atoms with Gasteiger partial charge in [0, 0.05) is 16.5 Å². The third-order valence-corrected chi connectivity index (χ3v) is 7.97. The average Bonchev–Trinajstić information content (AvgIpc) is 3.42. The van der Waals surface area contributed by atoms with Crippen molar-refractivity contribution in [1.82, 2.24) is 0 Å². The first-order valence-corrected chi connectivity index (χ1v) is 15.0. The molecule has 10 heteroatoms. The Morgan fingerprint density at radius 3 is 2.55 bits per heavy atom. The highest BCUT2D eigenvalue weighted by atomic mass is 32.2. The second kappa shape index (κ2) is 14.8. The van der Waals surface area contributed by atoms with E-state index in [-0.39, 0.29) is 28.1 Å². The molecule has 0 spiro atoms. The molecule has 0 amide bonds. The molecule has 0 saturated carbocycles. The number of fused-ring (bicyclic) bond motifs is 1. The highest BCUT2D eigenvalue weighted by Gasteiger charge is 2.23. The number of furan rings is 1. The number of aromatic carboxylic acids is 1. The highest BCUT2D eigenvalue weighted by Crippen LogP contribution is 2.36. The van der Waals surface area contributed by atoms with Gasteiger partial charge in [-0.25, -0.2) is 4.79 Å². The van der Waals surface area contributed by atoms with Crippen LogP contribution in [0.25, 0.3) is 11.0 Å². The van der Waals surface area contributed by atoms with Crippen molar-refractivity contribution in [3.63, 3.8) is 0 Å². The number of phenols is 1. The molecule has 2 aromatic heterocycles. The Hall–Kier alpha value is -4.54. The summed E-state index contributed by atoms with van der Waals surface area (Å²) >= 11 is 1.30. The zero-order valence-electron chi connectivity index (χ0n) is 24.6. The number of rotatable bonds is 14. The van der Waals surface area contributed by atoms with E-state index in [9.17, 15) is 29.7 Å². The van der Waals surface area contributed by atoms with Gasteiger partial charge in [0.05, 0.1) is 22.8 Å². The summed E-state index contributed by atoms with van der Waals surface area (Å²) in [7, 11) is 0. The summed E-state index contributed by atoms with van der Waals surface area (Å²) in [4.78, 5) is 36.1. The summed E-state index contributed by atoms with van der Waals surface area (Å²) < 4.78 is 17.0. The van der Waals surface area contributed by atoms with Crippen LogP contribution in [-0.4, -0.2) is 38.9 Å². The first-order chi connectivity index (χ1) is 21.1. The Bertz CT molecular complexity index is 1760. The first kappa shape index (κ1) is 32.4. The maximum Gasteiger partial charge on any atom is 0.371 e. The smallest absolute Gasteiger partial charge is 0.371 e. The Kier molecular flexibility index (Phi) is 10.9. The largest absolute Gasteiger partial charge is 0.507 e. The number of carboxylic acids is 1. The van der Waals surface area contributed by atoms with Crippen molar-refractivity contribution in [3.8, 4) is 11.5 Å². The van der Waals surface area contributed by atoms with Crippen molar-refractivity contribution in [1.29, 1.82) is 0 Å². The number of benzene rings is 2. The van der Waals surface area contributed by atoms with Crippen molar-refractivity contribution in [2.45, 2.75) is 56.3 Å². The standard InChI is InChI=1S/C34H34O9S/c1-4-9-25-27(16-14-23(21(3)35)32(25)37)41-17-8-6-5-7-10-31(33(38)28-15-11-20(2)42-28)44-22-12-13-24-26(36)19-30(34(39)40)43-29(24)18-22/h5-7,10-16,18-19,31,33,37-38H,4,8-9,17H2,1-3H3,(H,39,40)/b6-5-,10-7+/t31-,33+/m0/s1. The average molecular weight is 619 g/mol. The summed E-state index contributed by atoms with van der Waals surface area (Å²) in [5.74, 6) is -0.421. The number of aliphatic hydroxyl groups excluding tert-OH is 1. The number of aryl methyl sites for hydroxylation is 1. The maximum absolute atomic E-state index is 12.3. The fourth-order valence-corrected chi connectivity index (χ4v) is 5.64. The van der Waals surface area contributed by atoms with Gasteiger partial charge in [0.25, 0.3) is 0 Å². The third kappa shape index (κ3) is 7.89. The molecule has 4 rings (SSSR count). The molecule has 0 saturated heterocycles. The number of aliphatic hydroxyl groups is 1. The van der Waals surface area contributed by atoms with E-state index in [1.807, 2.05) is 25.2 Å². The van der Waals surface area contributed by atoms with Gasteiger partial charge in [0.15, 0.2) is 11.2 Å². The fourth-order valence-electron chi connectivity index (χ4n) is 4.57. The topological polar surface area (TPSA) is 147 Å². The summed E-state index contributed by atoms with van der Waals surface area (Å²) in [5.41, 5.74) is 0.585. The van der Waals surface area contributed by atoms with E-state index in [1.54, 1.807) is 55.5 Å². The van der Waals surface area contributed by atoms with Gasteiger partial charge in [-0.1, -0.05) is 37.6 Å². The lowest BCUT2D eigenvalue weighted by Gasteiger charge is -2.18. The Balaban J connectivity index is 1.46. The third-order valence-electron chi connectivity index (χ3n) is 6.76. The second-order valence-corrected chi connectivity index (χ2v) is 11.4. The molecule has 0 bridgehead atoms. The van der Waals surface area contributed by atoms with Crippen LogP contribution in [-0.2, 0) is 6.42 Å². The molecular formula is C34H34O9S. The number of phenolic OH excluding ortho intramolecular Hbond substituents is 1. The quantitative estimate of drug-likeness (QED) is 0.0582. The number of ether oxygens (including phenoxy) is 1. The minimum absolute atomic E-state index is 0.0277. The van der Waals surface area contributed by atoms with Crippen LogP contribution in [0.5, 0.6) is 11.5 Å². The van der Waals surface area contributed by atoms with E-state index >= 15 is 0 Å². The molecule has 0 aliphatic heterocycles. The van der Waals surface area contributed by atoms with Crippen molar-refractivity contribution in [2.75, 3.05) is 6.61 Å². The van der Waals surface area contributed by atoms with Gasteiger partial charge in [-0.05, 0) is 69.2 Å². The van der Waals surface area contributed by atoms with Crippen molar-refractivity contribution in [2.24, 2.45) is 0 Å². The Labute approximate surface area is 258 Å². The number of ketones is 1.